The van der Waals surface area contributed by atoms with Gasteiger partial charge in [0.1, 0.15) is 6.42 Å². The molecule has 4 heteroatoms. The van der Waals surface area contributed by atoms with E-state index in [9.17, 15) is 9.59 Å². The van der Waals surface area contributed by atoms with Crippen molar-refractivity contribution in [1.29, 1.82) is 0 Å². The van der Waals surface area contributed by atoms with E-state index in [1.807, 2.05) is 74.5 Å². The monoisotopic (exact) mass is 324 g/mol. The van der Waals surface area contributed by atoms with Crippen molar-refractivity contribution in [2.75, 3.05) is 18.0 Å². The fourth-order valence-corrected chi connectivity index (χ4v) is 2.63. The Bertz CT molecular complexity index is 656. The summed E-state index contributed by atoms with van der Waals surface area (Å²) in [7, 11) is 0. The van der Waals surface area contributed by atoms with Crippen molar-refractivity contribution >= 4 is 17.5 Å². The van der Waals surface area contributed by atoms with Gasteiger partial charge in [-0.2, -0.15) is 0 Å². The average molecular weight is 324 g/mol. The third-order valence-corrected chi connectivity index (χ3v) is 3.94. The lowest BCUT2D eigenvalue weighted by Crippen LogP contribution is -2.37. The summed E-state index contributed by atoms with van der Waals surface area (Å²) < 4.78 is 0. The summed E-state index contributed by atoms with van der Waals surface area (Å²) in [4.78, 5) is 28.4. The summed E-state index contributed by atoms with van der Waals surface area (Å²) in [6.45, 7) is 5.50. The van der Waals surface area contributed by atoms with Crippen LogP contribution >= 0.6 is 0 Å². The van der Waals surface area contributed by atoms with Crippen LogP contribution in [0.5, 0.6) is 0 Å². The molecule has 0 spiro atoms. The summed E-state index contributed by atoms with van der Waals surface area (Å²) in [6, 6.07) is 19.3. The van der Waals surface area contributed by atoms with Crippen LogP contribution in [-0.4, -0.2) is 29.8 Å². The van der Waals surface area contributed by atoms with Crippen LogP contribution in [0.2, 0.25) is 0 Å². The molecule has 126 valence electrons. The average Bonchev–Trinajstić information content (AvgIpc) is 2.62. The van der Waals surface area contributed by atoms with E-state index < -0.39 is 0 Å². The number of benzene rings is 2. The predicted octanol–water partition coefficient (Wildman–Crippen LogP) is 3.48. The van der Waals surface area contributed by atoms with Crippen LogP contribution in [0.4, 0.5) is 5.69 Å². The molecule has 0 radical (unpaired) electrons. The van der Waals surface area contributed by atoms with Crippen molar-refractivity contribution in [1.82, 2.24) is 4.90 Å². The van der Waals surface area contributed by atoms with Gasteiger partial charge in [0.25, 0.3) is 0 Å². The van der Waals surface area contributed by atoms with E-state index in [4.69, 9.17) is 0 Å². The SMILES string of the molecule is CCN(Cc1ccccc1)C(=O)CC(=O)N(CC)c1ccccc1. The Morgan fingerprint density at radius 3 is 1.92 bits per heavy atom. The molecule has 0 N–H and O–H groups in total. The van der Waals surface area contributed by atoms with E-state index in [1.54, 1.807) is 9.80 Å². The maximum absolute atomic E-state index is 12.5. The van der Waals surface area contributed by atoms with Crippen LogP contribution in [0.25, 0.3) is 0 Å². The largest absolute Gasteiger partial charge is 0.338 e. The zero-order valence-corrected chi connectivity index (χ0v) is 14.3. The molecule has 0 aromatic heterocycles. The van der Waals surface area contributed by atoms with Gasteiger partial charge in [-0.15, -0.1) is 0 Å². The number of nitrogens with zero attached hydrogens (tertiary/aromatic N) is 2. The van der Waals surface area contributed by atoms with E-state index in [1.165, 1.54) is 0 Å². The molecule has 0 aliphatic rings. The van der Waals surface area contributed by atoms with Gasteiger partial charge in [-0.1, -0.05) is 48.5 Å². The highest BCUT2D eigenvalue weighted by Crippen LogP contribution is 2.15. The van der Waals surface area contributed by atoms with E-state index in [2.05, 4.69) is 0 Å². The third kappa shape index (κ3) is 4.69. The summed E-state index contributed by atoms with van der Waals surface area (Å²) in [5, 5.41) is 0. The summed E-state index contributed by atoms with van der Waals surface area (Å²) >= 11 is 0. The standard InChI is InChI=1S/C20H24N2O2/c1-3-21(16-17-11-7-5-8-12-17)19(23)15-20(24)22(4-2)18-13-9-6-10-14-18/h5-14H,3-4,15-16H2,1-2H3. The number of hydrogen-bond acceptors (Lipinski definition) is 2. The van der Waals surface area contributed by atoms with Crippen LogP contribution in [0, 0.1) is 0 Å². The molecule has 0 heterocycles. The number of hydrogen-bond donors (Lipinski definition) is 0. The Balaban J connectivity index is 2.02. The molecule has 0 atom stereocenters. The fourth-order valence-electron chi connectivity index (χ4n) is 2.63. The lowest BCUT2D eigenvalue weighted by Gasteiger charge is -2.24. The maximum atomic E-state index is 12.5. The maximum Gasteiger partial charge on any atom is 0.236 e. The molecule has 0 saturated carbocycles. The van der Waals surface area contributed by atoms with Crippen LogP contribution < -0.4 is 4.90 Å². The van der Waals surface area contributed by atoms with E-state index in [0.29, 0.717) is 19.6 Å². The number of amides is 2. The summed E-state index contributed by atoms with van der Waals surface area (Å²) in [5.74, 6) is -0.305. The molecule has 2 aromatic rings. The van der Waals surface area contributed by atoms with Gasteiger partial charge in [0, 0.05) is 25.3 Å². The van der Waals surface area contributed by atoms with Gasteiger partial charge in [-0.25, -0.2) is 0 Å². The molecule has 0 fully saturated rings. The quantitative estimate of drug-likeness (QED) is 0.732. The lowest BCUT2D eigenvalue weighted by atomic mass is 10.2. The first-order chi connectivity index (χ1) is 11.7. The molecular formula is C20H24N2O2. The number of rotatable bonds is 7. The molecule has 0 bridgehead atoms. The fraction of sp³-hybridized carbons (Fsp3) is 0.300. The zero-order chi connectivity index (χ0) is 17.4. The number of carbonyl (C=O) groups is 2. The second-order valence-corrected chi connectivity index (χ2v) is 5.54. The van der Waals surface area contributed by atoms with Gasteiger partial charge in [0.05, 0.1) is 0 Å². The second kappa shape index (κ2) is 8.87. The van der Waals surface area contributed by atoms with Crippen LogP contribution in [0.15, 0.2) is 60.7 Å². The first kappa shape index (κ1) is 17.7. The normalized spacial score (nSPS) is 10.2. The highest BCUT2D eigenvalue weighted by atomic mass is 16.2. The summed E-state index contributed by atoms with van der Waals surface area (Å²) in [5.41, 5.74) is 1.89. The predicted molar refractivity (Wildman–Crippen MR) is 96.6 cm³/mol. The molecule has 0 unspecified atom stereocenters. The first-order valence-electron chi connectivity index (χ1n) is 8.32. The van der Waals surface area contributed by atoms with Gasteiger partial charge in [-0.3, -0.25) is 9.59 Å². The van der Waals surface area contributed by atoms with Gasteiger partial charge >= 0.3 is 0 Å². The number of anilines is 1. The van der Waals surface area contributed by atoms with Crippen molar-refractivity contribution in [3.05, 3.63) is 66.2 Å². The van der Waals surface area contributed by atoms with Crippen molar-refractivity contribution in [2.24, 2.45) is 0 Å². The molecule has 0 saturated heterocycles. The van der Waals surface area contributed by atoms with Crippen LogP contribution in [0.3, 0.4) is 0 Å². The van der Waals surface area contributed by atoms with E-state index >= 15 is 0 Å². The molecule has 24 heavy (non-hydrogen) atoms. The second-order valence-electron chi connectivity index (χ2n) is 5.54. The molecule has 4 nitrogen and oxygen atoms in total. The highest BCUT2D eigenvalue weighted by Gasteiger charge is 2.21. The zero-order valence-electron chi connectivity index (χ0n) is 14.3. The molecule has 0 aliphatic heterocycles. The Kier molecular flexibility index (Phi) is 6.55. The summed E-state index contributed by atoms with van der Waals surface area (Å²) in [6.07, 6.45) is -0.108. The highest BCUT2D eigenvalue weighted by molar-refractivity contribution is 6.04. The van der Waals surface area contributed by atoms with E-state index in [0.717, 1.165) is 11.3 Å². The Hall–Kier alpha value is -2.62. The Labute approximate surface area is 143 Å². The molecule has 2 amide bonds. The lowest BCUT2D eigenvalue weighted by molar-refractivity contribution is -0.135. The minimum atomic E-state index is -0.166. The molecule has 2 aromatic carbocycles. The number of para-hydroxylation sites is 1. The topological polar surface area (TPSA) is 40.6 Å². The Morgan fingerprint density at radius 2 is 1.38 bits per heavy atom. The van der Waals surface area contributed by atoms with Gasteiger partial charge < -0.3 is 9.80 Å². The van der Waals surface area contributed by atoms with Crippen molar-refractivity contribution < 1.29 is 9.59 Å². The smallest absolute Gasteiger partial charge is 0.236 e. The number of carbonyl (C=O) groups excluding carboxylic acids is 2. The van der Waals surface area contributed by atoms with Crippen molar-refractivity contribution in [3.8, 4) is 0 Å². The van der Waals surface area contributed by atoms with Crippen LogP contribution in [0.1, 0.15) is 25.8 Å². The molecular weight excluding hydrogens is 300 g/mol. The minimum Gasteiger partial charge on any atom is -0.338 e. The first-order valence-corrected chi connectivity index (χ1v) is 8.32. The third-order valence-electron chi connectivity index (χ3n) is 3.94. The van der Waals surface area contributed by atoms with Gasteiger partial charge in [0.2, 0.25) is 11.8 Å². The van der Waals surface area contributed by atoms with Gasteiger partial charge in [0.15, 0.2) is 0 Å². The minimum absolute atomic E-state index is 0.108. The van der Waals surface area contributed by atoms with Gasteiger partial charge in [-0.05, 0) is 31.5 Å². The molecule has 0 aliphatic carbocycles. The van der Waals surface area contributed by atoms with Crippen molar-refractivity contribution in [2.45, 2.75) is 26.8 Å². The van der Waals surface area contributed by atoms with E-state index in [-0.39, 0.29) is 18.2 Å². The Morgan fingerprint density at radius 1 is 0.792 bits per heavy atom. The van der Waals surface area contributed by atoms with Crippen LogP contribution in [-0.2, 0) is 16.1 Å². The molecule has 2 rings (SSSR count). The van der Waals surface area contributed by atoms with Crippen molar-refractivity contribution in [3.63, 3.8) is 0 Å².